The van der Waals surface area contributed by atoms with Crippen molar-refractivity contribution >= 4 is 5.91 Å². The molecule has 0 unspecified atom stereocenters. The Morgan fingerprint density at radius 1 is 1.09 bits per heavy atom. The zero-order valence-corrected chi connectivity index (χ0v) is 17.8. The standard InChI is InChI=1S/C23H24F2N2O5/c1-3-11-30-19-10-9-15(12-20(19)32-23(24)25)22-27-16(14-31-22)13-26-21(28)17-7-5-6-8-18(17)29-4-2/h5-10,12,14,23H,3-4,11,13H2,1-2H3,(H,26,28). The van der Waals surface area contributed by atoms with Crippen LogP contribution in [0.4, 0.5) is 8.78 Å². The van der Waals surface area contributed by atoms with Crippen molar-refractivity contribution in [3.05, 3.63) is 60.0 Å². The molecule has 0 atom stereocenters. The summed E-state index contributed by atoms with van der Waals surface area (Å²) in [6.45, 7) is 1.67. The Morgan fingerprint density at radius 2 is 1.91 bits per heavy atom. The third-order valence-corrected chi connectivity index (χ3v) is 4.28. The monoisotopic (exact) mass is 446 g/mol. The van der Waals surface area contributed by atoms with Gasteiger partial charge in [-0.05, 0) is 43.7 Å². The Morgan fingerprint density at radius 3 is 2.66 bits per heavy atom. The molecule has 0 bridgehead atoms. The van der Waals surface area contributed by atoms with Gasteiger partial charge in [0.25, 0.3) is 5.91 Å². The third kappa shape index (κ3) is 5.96. The molecule has 1 amide bonds. The molecule has 1 heterocycles. The smallest absolute Gasteiger partial charge is 0.387 e. The summed E-state index contributed by atoms with van der Waals surface area (Å²) in [6, 6.07) is 11.5. The maximum Gasteiger partial charge on any atom is 0.387 e. The largest absolute Gasteiger partial charge is 0.493 e. The minimum absolute atomic E-state index is 0.105. The molecule has 1 N–H and O–H groups in total. The van der Waals surface area contributed by atoms with Gasteiger partial charge in [0.05, 0.1) is 31.0 Å². The molecule has 0 aliphatic heterocycles. The fourth-order valence-corrected chi connectivity index (χ4v) is 2.88. The van der Waals surface area contributed by atoms with E-state index < -0.39 is 6.61 Å². The zero-order chi connectivity index (χ0) is 22.9. The first-order valence-corrected chi connectivity index (χ1v) is 10.2. The lowest BCUT2D eigenvalue weighted by atomic mass is 10.2. The van der Waals surface area contributed by atoms with Crippen LogP contribution in [0.15, 0.2) is 53.1 Å². The number of para-hydroxylation sites is 1. The van der Waals surface area contributed by atoms with E-state index in [0.717, 1.165) is 6.42 Å². The Balaban J connectivity index is 1.71. The number of rotatable bonds is 11. The van der Waals surface area contributed by atoms with Gasteiger partial charge in [-0.3, -0.25) is 4.79 Å². The molecular formula is C23H24F2N2O5. The fourth-order valence-electron chi connectivity index (χ4n) is 2.88. The van der Waals surface area contributed by atoms with Gasteiger partial charge < -0.3 is 23.9 Å². The van der Waals surface area contributed by atoms with Crippen molar-refractivity contribution in [2.45, 2.75) is 33.4 Å². The van der Waals surface area contributed by atoms with Crippen LogP contribution in [0.3, 0.4) is 0 Å². The van der Waals surface area contributed by atoms with Gasteiger partial charge in [0.2, 0.25) is 5.89 Å². The number of ether oxygens (including phenoxy) is 3. The van der Waals surface area contributed by atoms with Crippen LogP contribution >= 0.6 is 0 Å². The van der Waals surface area contributed by atoms with Crippen LogP contribution in [0, 0.1) is 0 Å². The van der Waals surface area contributed by atoms with Gasteiger partial charge in [0.1, 0.15) is 12.0 Å². The van der Waals surface area contributed by atoms with Gasteiger partial charge in [-0.2, -0.15) is 8.78 Å². The average molecular weight is 446 g/mol. The van der Waals surface area contributed by atoms with Crippen molar-refractivity contribution in [3.63, 3.8) is 0 Å². The summed E-state index contributed by atoms with van der Waals surface area (Å²) >= 11 is 0. The second kappa shape index (κ2) is 11.1. The molecule has 3 rings (SSSR count). The van der Waals surface area contributed by atoms with Crippen LogP contribution in [-0.4, -0.2) is 30.7 Å². The number of benzene rings is 2. The van der Waals surface area contributed by atoms with E-state index in [-0.39, 0.29) is 29.8 Å². The molecular weight excluding hydrogens is 422 g/mol. The van der Waals surface area contributed by atoms with E-state index in [4.69, 9.17) is 13.9 Å². The van der Waals surface area contributed by atoms with Crippen molar-refractivity contribution in [2.24, 2.45) is 0 Å². The van der Waals surface area contributed by atoms with Crippen molar-refractivity contribution < 1.29 is 32.2 Å². The Kier molecular flexibility index (Phi) is 8.02. The number of hydrogen-bond acceptors (Lipinski definition) is 6. The minimum atomic E-state index is -3.00. The van der Waals surface area contributed by atoms with E-state index in [9.17, 15) is 13.6 Å². The molecule has 0 spiro atoms. The number of nitrogens with zero attached hydrogens (tertiary/aromatic N) is 1. The molecule has 7 nitrogen and oxygen atoms in total. The lowest BCUT2D eigenvalue weighted by molar-refractivity contribution is -0.0514. The molecule has 1 aromatic heterocycles. The number of hydrogen-bond donors (Lipinski definition) is 1. The summed E-state index contributed by atoms with van der Waals surface area (Å²) in [5, 5.41) is 2.76. The van der Waals surface area contributed by atoms with E-state index in [0.29, 0.717) is 35.8 Å². The normalized spacial score (nSPS) is 10.8. The van der Waals surface area contributed by atoms with E-state index >= 15 is 0 Å². The third-order valence-electron chi connectivity index (χ3n) is 4.28. The Hall–Kier alpha value is -3.62. The van der Waals surface area contributed by atoms with Crippen molar-refractivity contribution in [1.29, 1.82) is 0 Å². The first-order valence-electron chi connectivity index (χ1n) is 10.2. The maximum atomic E-state index is 12.8. The summed E-state index contributed by atoms with van der Waals surface area (Å²) in [4.78, 5) is 16.8. The van der Waals surface area contributed by atoms with E-state index in [1.54, 1.807) is 30.3 Å². The second-order valence-electron chi connectivity index (χ2n) is 6.64. The first-order chi connectivity index (χ1) is 15.5. The minimum Gasteiger partial charge on any atom is -0.493 e. The molecule has 2 aromatic carbocycles. The highest BCUT2D eigenvalue weighted by Gasteiger charge is 2.16. The maximum absolute atomic E-state index is 12.8. The molecule has 0 fully saturated rings. The molecule has 9 heteroatoms. The van der Waals surface area contributed by atoms with Gasteiger partial charge in [-0.15, -0.1) is 0 Å². The van der Waals surface area contributed by atoms with Crippen molar-refractivity contribution in [2.75, 3.05) is 13.2 Å². The SMILES string of the molecule is CCCOc1ccc(-c2nc(CNC(=O)c3ccccc3OCC)co2)cc1OC(F)F. The highest BCUT2D eigenvalue weighted by Crippen LogP contribution is 2.33. The summed E-state index contributed by atoms with van der Waals surface area (Å²) in [5.41, 5.74) is 1.31. The van der Waals surface area contributed by atoms with Crippen LogP contribution in [0.1, 0.15) is 36.3 Å². The number of halogens is 2. The van der Waals surface area contributed by atoms with E-state index in [1.807, 2.05) is 13.8 Å². The molecule has 3 aromatic rings. The molecule has 32 heavy (non-hydrogen) atoms. The van der Waals surface area contributed by atoms with Crippen LogP contribution in [-0.2, 0) is 6.54 Å². The molecule has 0 saturated heterocycles. The predicted molar refractivity (Wildman–Crippen MR) is 113 cm³/mol. The Bertz CT molecular complexity index is 1040. The van der Waals surface area contributed by atoms with E-state index in [2.05, 4.69) is 15.0 Å². The van der Waals surface area contributed by atoms with Crippen LogP contribution in [0.5, 0.6) is 17.2 Å². The number of alkyl halides is 2. The number of amides is 1. The lowest BCUT2D eigenvalue weighted by Gasteiger charge is -2.12. The van der Waals surface area contributed by atoms with Crippen molar-refractivity contribution in [1.82, 2.24) is 10.3 Å². The Labute approximate surface area is 184 Å². The van der Waals surface area contributed by atoms with Crippen LogP contribution < -0.4 is 19.5 Å². The first kappa shape index (κ1) is 23.1. The van der Waals surface area contributed by atoms with E-state index in [1.165, 1.54) is 18.4 Å². The molecule has 0 radical (unpaired) electrons. The topological polar surface area (TPSA) is 82.8 Å². The summed E-state index contributed by atoms with van der Waals surface area (Å²) in [7, 11) is 0. The van der Waals surface area contributed by atoms with Gasteiger partial charge in [-0.25, -0.2) is 4.98 Å². The highest BCUT2D eigenvalue weighted by molar-refractivity contribution is 5.96. The average Bonchev–Trinajstić information content (AvgIpc) is 3.26. The highest BCUT2D eigenvalue weighted by atomic mass is 19.3. The molecule has 0 aliphatic rings. The molecule has 0 saturated carbocycles. The number of nitrogens with one attached hydrogen (secondary N) is 1. The second-order valence-corrected chi connectivity index (χ2v) is 6.64. The number of oxazole rings is 1. The summed E-state index contributed by atoms with van der Waals surface area (Å²) in [6.07, 6.45) is 2.11. The number of aromatic nitrogens is 1. The quantitative estimate of drug-likeness (QED) is 0.443. The van der Waals surface area contributed by atoms with Crippen LogP contribution in [0.2, 0.25) is 0 Å². The molecule has 170 valence electrons. The summed E-state index contributed by atoms with van der Waals surface area (Å²) in [5.74, 6) is 0.480. The predicted octanol–water partition coefficient (Wildman–Crippen LogP) is 5.06. The molecule has 0 aliphatic carbocycles. The van der Waals surface area contributed by atoms with Crippen molar-refractivity contribution in [3.8, 4) is 28.7 Å². The fraction of sp³-hybridized carbons (Fsp3) is 0.304. The zero-order valence-electron chi connectivity index (χ0n) is 17.8. The summed E-state index contributed by atoms with van der Waals surface area (Å²) < 4.78 is 46.5. The number of carbonyl (C=O) groups is 1. The van der Waals surface area contributed by atoms with Gasteiger partial charge in [-0.1, -0.05) is 19.1 Å². The van der Waals surface area contributed by atoms with Gasteiger partial charge in [0.15, 0.2) is 11.5 Å². The van der Waals surface area contributed by atoms with Gasteiger partial charge >= 0.3 is 6.61 Å². The van der Waals surface area contributed by atoms with Crippen LogP contribution in [0.25, 0.3) is 11.5 Å². The lowest BCUT2D eigenvalue weighted by Crippen LogP contribution is -2.23. The van der Waals surface area contributed by atoms with Gasteiger partial charge in [0, 0.05) is 5.56 Å². The number of carbonyl (C=O) groups excluding carboxylic acids is 1.